The summed E-state index contributed by atoms with van der Waals surface area (Å²) in [6.07, 6.45) is 4.63. The number of H-pyrrole nitrogens is 1. The van der Waals surface area contributed by atoms with Crippen LogP contribution in [0.5, 0.6) is 0 Å². The lowest BCUT2D eigenvalue weighted by Crippen LogP contribution is -2.32. The third kappa shape index (κ3) is 4.03. The van der Waals surface area contributed by atoms with Gasteiger partial charge in [-0.1, -0.05) is 32.0 Å². The van der Waals surface area contributed by atoms with Crippen LogP contribution < -0.4 is 5.32 Å². The van der Waals surface area contributed by atoms with Crippen LogP contribution in [0.3, 0.4) is 0 Å². The first kappa shape index (κ1) is 16.7. The van der Waals surface area contributed by atoms with Gasteiger partial charge in [0.1, 0.15) is 5.82 Å². The minimum Gasteiger partial charge on any atom is -0.352 e. The molecule has 1 amide bonds. The average molecular weight is 326 g/mol. The van der Waals surface area contributed by atoms with Gasteiger partial charge in [0.25, 0.3) is 5.91 Å². The molecule has 5 nitrogen and oxygen atoms in total. The van der Waals surface area contributed by atoms with Crippen molar-refractivity contribution in [2.75, 3.05) is 26.2 Å². The lowest BCUT2D eigenvalue weighted by Gasteiger charge is -2.18. The van der Waals surface area contributed by atoms with Gasteiger partial charge in [0.2, 0.25) is 0 Å². The topological polar surface area (TPSA) is 61.0 Å². The van der Waals surface area contributed by atoms with E-state index in [1.807, 2.05) is 24.3 Å². The minimum atomic E-state index is -0.0238. The summed E-state index contributed by atoms with van der Waals surface area (Å²) < 4.78 is 0. The van der Waals surface area contributed by atoms with Crippen molar-refractivity contribution in [1.82, 2.24) is 20.2 Å². The zero-order valence-corrected chi connectivity index (χ0v) is 14.5. The fourth-order valence-corrected chi connectivity index (χ4v) is 3.39. The van der Waals surface area contributed by atoms with E-state index >= 15 is 0 Å². The fraction of sp³-hybridized carbons (Fsp3) is 0.474. The number of carbonyl (C=O) groups is 1. The molecule has 0 bridgehead atoms. The standard InChI is InChI=1S/C19H26N4O/c1-14(2)12-23-10-7-15(13-23)11-22-19(24)17-6-4-3-5-16(17)18-20-8-9-21-18/h3-6,8-9,14-15H,7,10-13H2,1-2H3,(H,20,21)(H,22,24)/t15-/m1/s1. The summed E-state index contributed by atoms with van der Waals surface area (Å²) in [5, 5.41) is 3.11. The number of hydrogen-bond donors (Lipinski definition) is 2. The Labute approximate surface area is 143 Å². The number of carbonyl (C=O) groups excluding carboxylic acids is 1. The molecule has 1 fully saturated rings. The van der Waals surface area contributed by atoms with E-state index in [1.54, 1.807) is 12.4 Å². The van der Waals surface area contributed by atoms with Crippen LogP contribution in [-0.4, -0.2) is 47.0 Å². The van der Waals surface area contributed by atoms with Crippen molar-refractivity contribution in [1.29, 1.82) is 0 Å². The van der Waals surface area contributed by atoms with Gasteiger partial charge in [-0.25, -0.2) is 4.98 Å². The molecule has 0 radical (unpaired) electrons. The van der Waals surface area contributed by atoms with Crippen molar-refractivity contribution in [3.05, 3.63) is 42.2 Å². The van der Waals surface area contributed by atoms with Gasteiger partial charge in [0, 0.05) is 37.6 Å². The summed E-state index contributed by atoms with van der Waals surface area (Å²) >= 11 is 0. The predicted octanol–water partition coefficient (Wildman–Crippen LogP) is 2.78. The van der Waals surface area contributed by atoms with Crippen LogP contribution in [-0.2, 0) is 0 Å². The van der Waals surface area contributed by atoms with Gasteiger partial charge in [0.05, 0.1) is 5.56 Å². The predicted molar refractivity (Wildman–Crippen MR) is 95.7 cm³/mol. The zero-order valence-electron chi connectivity index (χ0n) is 14.5. The van der Waals surface area contributed by atoms with Gasteiger partial charge in [-0.05, 0) is 30.9 Å². The number of imidazole rings is 1. The number of hydrogen-bond acceptors (Lipinski definition) is 3. The maximum atomic E-state index is 12.6. The van der Waals surface area contributed by atoms with Crippen LogP contribution in [0.1, 0.15) is 30.6 Å². The molecule has 5 heteroatoms. The number of nitrogens with zero attached hydrogens (tertiary/aromatic N) is 2. The molecule has 24 heavy (non-hydrogen) atoms. The molecule has 0 saturated carbocycles. The molecule has 1 aliphatic rings. The smallest absolute Gasteiger partial charge is 0.252 e. The highest BCUT2D eigenvalue weighted by Crippen LogP contribution is 2.20. The SMILES string of the molecule is CC(C)CN1CC[C@H](CNC(=O)c2ccccc2-c2ncc[nH]2)C1. The summed E-state index contributed by atoms with van der Waals surface area (Å²) in [6, 6.07) is 7.59. The molecule has 2 heterocycles. The van der Waals surface area contributed by atoms with Crippen molar-refractivity contribution in [3.63, 3.8) is 0 Å². The van der Waals surface area contributed by atoms with E-state index in [9.17, 15) is 4.79 Å². The van der Waals surface area contributed by atoms with Crippen LogP contribution in [0.2, 0.25) is 0 Å². The summed E-state index contributed by atoms with van der Waals surface area (Å²) in [5.41, 5.74) is 1.51. The number of nitrogens with one attached hydrogen (secondary N) is 2. The Bertz CT molecular complexity index is 666. The van der Waals surface area contributed by atoms with Crippen molar-refractivity contribution < 1.29 is 4.79 Å². The van der Waals surface area contributed by atoms with Gasteiger partial charge < -0.3 is 15.2 Å². The van der Waals surface area contributed by atoms with E-state index in [1.165, 1.54) is 0 Å². The first-order valence-corrected chi connectivity index (χ1v) is 8.73. The van der Waals surface area contributed by atoms with Gasteiger partial charge in [-0.3, -0.25) is 4.79 Å². The third-order valence-corrected chi connectivity index (χ3v) is 4.47. The Kier molecular flexibility index (Phi) is 5.30. The number of aromatic nitrogens is 2. The van der Waals surface area contributed by atoms with Crippen molar-refractivity contribution in [3.8, 4) is 11.4 Å². The normalized spacial score (nSPS) is 18.2. The first-order chi connectivity index (χ1) is 11.6. The molecule has 0 unspecified atom stereocenters. The molecule has 1 atom stereocenters. The maximum absolute atomic E-state index is 12.6. The highest BCUT2D eigenvalue weighted by atomic mass is 16.1. The second-order valence-corrected chi connectivity index (χ2v) is 7.00. The van der Waals surface area contributed by atoms with E-state index in [0.717, 1.165) is 44.0 Å². The second-order valence-electron chi connectivity index (χ2n) is 7.00. The summed E-state index contributed by atoms with van der Waals surface area (Å²) in [5.74, 6) is 1.94. The molecule has 2 N–H and O–H groups in total. The number of aromatic amines is 1. The summed E-state index contributed by atoms with van der Waals surface area (Å²) in [7, 11) is 0. The van der Waals surface area contributed by atoms with Crippen LogP contribution in [0.15, 0.2) is 36.7 Å². The zero-order chi connectivity index (χ0) is 16.9. The summed E-state index contributed by atoms with van der Waals surface area (Å²) in [6.45, 7) is 8.60. The van der Waals surface area contributed by atoms with Crippen LogP contribution in [0.25, 0.3) is 11.4 Å². The molecular formula is C19H26N4O. The van der Waals surface area contributed by atoms with Gasteiger partial charge in [0.15, 0.2) is 0 Å². The largest absolute Gasteiger partial charge is 0.352 e. The molecule has 1 aliphatic heterocycles. The summed E-state index contributed by atoms with van der Waals surface area (Å²) in [4.78, 5) is 22.4. The quantitative estimate of drug-likeness (QED) is 0.858. The second kappa shape index (κ2) is 7.62. The van der Waals surface area contributed by atoms with Crippen LogP contribution in [0, 0.1) is 11.8 Å². The lowest BCUT2D eigenvalue weighted by molar-refractivity contribution is 0.0948. The van der Waals surface area contributed by atoms with Crippen molar-refractivity contribution >= 4 is 5.91 Å². The van der Waals surface area contributed by atoms with E-state index in [2.05, 4.69) is 34.0 Å². The number of likely N-dealkylation sites (tertiary alicyclic amines) is 1. The number of benzene rings is 1. The monoisotopic (exact) mass is 326 g/mol. The maximum Gasteiger partial charge on any atom is 0.252 e. The highest BCUT2D eigenvalue weighted by Gasteiger charge is 2.23. The molecule has 128 valence electrons. The number of amides is 1. The Morgan fingerprint density at radius 1 is 1.42 bits per heavy atom. The average Bonchev–Trinajstić information content (AvgIpc) is 3.24. The van der Waals surface area contributed by atoms with E-state index in [4.69, 9.17) is 0 Å². The Morgan fingerprint density at radius 2 is 2.25 bits per heavy atom. The van der Waals surface area contributed by atoms with Crippen molar-refractivity contribution in [2.45, 2.75) is 20.3 Å². The molecule has 0 aliphatic carbocycles. The molecule has 1 aromatic carbocycles. The molecule has 1 aromatic heterocycles. The van der Waals surface area contributed by atoms with E-state index in [0.29, 0.717) is 17.4 Å². The minimum absolute atomic E-state index is 0.0238. The van der Waals surface area contributed by atoms with E-state index < -0.39 is 0 Å². The van der Waals surface area contributed by atoms with Gasteiger partial charge >= 0.3 is 0 Å². The number of rotatable bonds is 6. The van der Waals surface area contributed by atoms with E-state index in [-0.39, 0.29) is 5.91 Å². The highest BCUT2D eigenvalue weighted by molar-refractivity contribution is 6.00. The third-order valence-electron chi connectivity index (χ3n) is 4.47. The molecule has 3 rings (SSSR count). The molecule has 0 spiro atoms. The first-order valence-electron chi connectivity index (χ1n) is 8.73. The van der Waals surface area contributed by atoms with Crippen LogP contribution >= 0.6 is 0 Å². The van der Waals surface area contributed by atoms with Gasteiger partial charge in [-0.2, -0.15) is 0 Å². The molecular weight excluding hydrogens is 300 g/mol. The Balaban J connectivity index is 1.59. The molecule has 2 aromatic rings. The Hall–Kier alpha value is -2.14. The fourth-order valence-electron chi connectivity index (χ4n) is 3.39. The molecule has 1 saturated heterocycles. The van der Waals surface area contributed by atoms with Crippen LogP contribution in [0.4, 0.5) is 0 Å². The van der Waals surface area contributed by atoms with Gasteiger partial charge in [-0.15, -0.1) is 0 Å². The lowest BCUT2D eigenvalue weighted by atomic mass is 10.1. The Morgan fingerprint density at radius 3 is 3.00 bits per heavy atom. The van der Waals surface area contributed by atoms with Crippen molar-refractivity contribution in [2.24, 2.45) is 11.8 Å².